The van der Waals surface area contributed by atoms with Gasteiger partial charge in [0.15, 0.2) is 0 Å². The van der Waals surface area contributed by atoms with Gasteiger partial charge in [0.25, 0.3) is 5.91 Å². The molecule has 5 nitrogen and oxygen atoms in total. The van der Waals surface area contributed by atoms with Crippen molar-refractivity contribution >= 4 is 5.91 Å². The minimum atomic E-state index is -4.94. The predicted molar refractivity (Wildman–Crippen MR) is 68.3 cm³/mol. The molecule has 0 saturated heterocycles. The van der Waals surface area contributed by atoms with E-state index < -0.39 is 18.2 Å². The van der Waals surface area contributed by atoms with Gasteiger partial charge in [0, 0.05) is 30.9 Å². The van der Waals surface area contributed by atoms with E-state index >= 15 is 0 Å². The Morgan fingerprint density at radius 3 is 2.43 bits per heavy atom. The van der Waals surface area contributed by atoms with E-state index in [4.69, 9.17) is 0 Å². The van der Waals surface area contributed by atoms with E-state index in [1.54, 1.807) is 25.6 Å². The zero-order valence-electron chi connectivity index (χ0n) is 12.1. The molecule has 1 unspecified atom stereocenters. The van der Waals surface area contributed by atoms with Crippen molar-refractivity contribution in [1.29, 1.82) is 0 Å². The molecule has 1 aliphatic carbocycles. The highest BCUT2D eigenvalue weighted by atomic mass is 19.4. The molecule has 1 amide bonds. The largest absolute Gasteiger partial charge is 0.423 e. The zero-order chi connectivity index (χ0) is 15.9. The molecule has 1 heterocycles. The molecular formula is C13H18F3N3O2. The van der Waals surface area contributed by atoms with Gasteiger partial charge >= 0.3 is 6.18 Å². The first-order valence-electron chi connectivity index (χ1n) is 6.67. The maximum atomic E-state index is 12.5. The number of aliphatic hydroxyl groups excluding tert-OH is 1. The summed E-state index contributed by atoms with van der Waals surface area (Å²) in [6.45, 7) is 3.59. The summed E-state index contributed by atoms with van der Waals surface area (Å²) in [6, 6.07) is -0.228. The fourth-order valence-electron chi connectivity index (χ4n) is 2.29. The first kappa shape index (κ1) is 15.8. The Labute approximate surface area is 120 Å². The summed E-state index contributed by atoms with van der Waals surface area (Å²) in [4.78, 5) is 13.1. The van der Waals surface area contributed by atoms with E-state index in [1.165, 1.54) is 0 Å². The summed E-state index contributed by atoms with van der Waals surface area (Å²) in [6.07, 6.45) is -6.58. The molecule has 8 heteroatoms. The number of alkyl halides is 3. The Kier molecular flexibility index (Phi) is 4.01. The monoisotopic (exact) mass is 305 g/mol. The van der Waals surface area contributed by atoms with Gasteiger partial charge in [-0.25, -0.2) is 0 Å². The molecule has 0 aliphatic heterocycles. The Balaban J connectivity index is 2.22. The van der Waals surface area contributed by atoms with E-state index in [9.17, 15) is 23.1 Å². The summed E-state index contributed by atoms with van der Waals surface area (Å²) in [7, 11) is 1.74. The molecule has 21 heavy (non-hydrogen) atoms. The van der Waals surface area contributed by atoms with Crippen LogP contribution in [0.2, 0.25) is 0 Å². The van der Waals surface area contributed by atoms with E-state index in [0.29, 0.717) is 18.5 Å². The van der Waals surface area contributed by atoms with Gasteiger partial charge in [0.05, 0.1) is 5.69 Å². The van der Waals surface area contributed by atoms with Crippen LogP contribution in [0.15, 0.2) is 0 Å². The molecule has 1 saturated carbocycles. The number of carbonyl (C=O) groups is 1. The summed E-state index contributed by atoms with van der Waals surface area (Å²) >= 11 is 0. The fraction of sp³-hybridized carbons (Fsp3) is 0.692. The molecular weight excluding hydrogens is 287 g/mol. The molecule has 1 N–H and O–H groups in total. The molecule has 1 fully saturated rings. The van der Waals surface area contributed by atoms with Gasteiger partial charge in [-0.15, -0.1) is 0 Å². The number of nitrogens with zero attached hydrogens (tertiary/aromatic N) is 3. The van der Waals surface area contributed by atoms with Crippen molar-refractivity contribution in [3.05, 3.63) is 17.0 Å². The van der Waals surface area contributed by atoms with Crippen molar-refractivity contribution in [3.63, 3.8) is 0 Å². The maximum absolute atomic E-state index is 12.5. The van der Waals surface area contributed by atoms with E-state index in [1.807, 2.05) is 0 Å². The third-order valence-electron chi connectivity index (χ3n) is 3.80. The van der Waals surface area contributed by atoms with Crippen molar-refractivity contribution in [2.45, 2.75) is 51.6 Å². The van der Waals surface area contributed by atoms with Crippen molar-refractivity contribution in [3.8, 4) is 0 Å². The first-order valence-corrected chi connectivity index (χ1v) is 6.67. The third kappa shape index (κ3) is 3.20. The highest BCUT2D eigenvalue weighted by Crippen LogP contribution is 2.32. The van der Waals surface area contributed by atoms with Gasteiger partial charge in [-0.2, -0.15) is 18.3 Å². The van der Waals surface area contributed by atoms with E-state index in [2.05, 4.69) is 5.10 Å². The second-order valence-corrected chi connectivity index (χ2v) is 5.41. The van der Waals surface area contributed by atoms with Gasteiger partial charge < -0.3 is 10.0 Å². The van der Waals surface area contributed by atoms with Crippen LogP contribution in [0.4, 0.5) is 13.2 Å². The highest BCUT2D eigenvalue weighted by Gasteiger charge is 2.48. The molecule has 0 aromatic carbocycles. The Bertz CT molecular complexity index is 550. The number of carbonyl (C=O) groups excluding carboxylic acids is 1. The minimum absolute atomic E-state index is 0.0438. The smallest absolute Gasteiger partial charge is 0.376 e. The lowest BCUT2D eigenvalue weighted by Gasteiger charge is -2.26. The van der Waals surface area contributed by atoms with Crippen LogP contribution in [0, 0.1) is 13.8 Å². The van der Waals surface area contributed by atoms with Gasteiger partial charge in [0.2, 0.25) is 6.10 Å². The number of aliphatic hydroxyl groups is 1. The van der Waals surface area contributed by atoms with Crippen LogP contribution >= 0.6 is 0 Å². The Hall–Kier alpha value is -1.57. The second-order valence-electron chi connectivity index (χ2n) is 5.41. The summed E-state index contributed by atoms with van der Waals surface area (Å²) in [5, 5.41) is 13.4. The standard InChI is InChI=1S/C13H18F3N3O2/c1-7-10(8(2)18(3)17-7)6-19(9-4-5-9)12(21)11(20)13(14,15)16/h9,11,20H,4-6H2,1-3H3. The average Bonchev–Trinajstić information content (AvgIpc) is 3.17. The molecule has 0 bridgehead atoms. The van der Waals surface area contributed by atoms with Crippen LogP contribution in [-0.4, -0.2) is 44.0 Å². The molecule has 2 rings (SSSR count). The normalized spacial score (nSPS) is 16.9. The summed E-state index contributed by atoms with van der Waals surface area (Å²) < 4.78 is 39.2. The first-order chi connectivity index (χ1) is 9.62. The maximum Gasteiger partial charge on any atom is 0.423 e. The van der Waals surface area contributed by atoms with Crippen LogP contribution in [0.5, 0.6) is 0 Å². The SMILES string of the molecule is Cc1nn(C)c(C)c1CN(C(=O)C(O)C(F)(F)F)C1CC1. The molecule has 0 radical (unpaired) electrons. The molecule has 1 aromatic rings. The number of hydrogen-bond donors (Lipinski definition) is 1. The predicted octanol–water partition coefficient (Wildman–Crippen LogP) is 1.45. The molecule has 1 aromatic heterocycles. The molecule has 1 atom stereocenters. The van der Waals surface area contributed by atoms with Crippen LogP contribution in [0.3, 0.4) is 0 Å². The third-order valence-corrected chi connectivity index (χ3v) is 3.80. The lowest BCUT2D eigenvalue weighted by Crippen LogP contribution is -2.47. The number of aromatic nitrogens is 2. The quantitative estimate of drug-likeness (QED) is 0.916. The number of rotatable bonds is 4. The molecule has 118 valence electrons. The van der Waals surface area contributed by atoms with E-state index in [-0.39, 0.29) is 12.6 Å². The van der Waals surface area contributed by atoms with Crippen molar-refractivity contribution in [1.82, 2.24) is 14.7 Å². The Morgan fingerprint density at radius 2 is 2.05 bits per heavy atom. The summed E-state index contributed by atoms with van der Waals surface area (Å²) in [5.74, 6) is -1.28. The highest BCUT2D eigenvalue weighted by molar-refractivity contribution is 5.82. The topological polar surface area (TPSA) is 58.4 Å². The van der Waals surface area contributed by atoms with Gasteiger partial charge in [0.1, 0.15) is 0 Å². The Morgan fingerprint density at radius 1 is 1.48 bits per heavy atom. The fourth-order valence-corrected chi connectivity index (χ4v) is 2.29. The zero-order valence-corrected chi connectivity index (χ0v) is 12.1. The molecule has 0 spiro atoms. The molecule has 1 aliphatic rings. The van der Waals surface area contributed by atoms with Crippen LogP contribution < -0.4 is 0 Å². The van der Waals surface area contributed by atoms with Crippen LogP contribution in [0.25, 0.3) is 0 Å². The van der Waals surface area contributed by atoms with Gasteiger partial charge in [-0.1, -0.05) is 0 Å². The average molecular weight is 305 g/mol. The second kappa shape index (κ2) is 5.32. The minimum Gasteiger partial charge on any atom is -0.376 e. The van der Waals surface area contributed by atoms with Crippen molar-refractivity contribution < 1.29 is 23.1 Å². The lowest BCUT2D eigenvalue weighted by molar-refractivity contribution is -0.211. The van der Waals surface area contributed by atoms with E-state index in [0.717, 1.165) is 16.2 Å². The number of hydrogen-bond acceptors (Lipinski definition) is 3. The van der Waals surface area contributed by atoms with Crippen LogP contribution in [0.1, 0.15) is 29.8 Å². The number of amides is 1. The van der Waals surface area contributed by atoms with Crippen molar-refractivity contribution in [2.75, 3.05) is 0 Å². The summed E-state index contributed by atoms with van der Waals surface area (Å²) in [5.41, 5.74) is 2.20. The lowest BCUT2D eigenvalue weighted by atomic mass is 10.1. The van der Waals surface area contributed by atoms with Crippen LogP contribution in [-0.2, 0) is 18.4 Å². The number of halogens is 3. The van der Waals surface area contributed by atoms with Crippen molar-refractivity contribution in [2.24, 2.45) is 7.05 Å². The number of aryl methyl sites for hydroxylation is 2. The van der Waals surface area contributed by atoms with Gasteiger partial charge in [-0.05, 0) is 26.7 Å². The van der Waals surface area contributed by atoms with Gasteiger partial charge in [-0.3, -0.25) is 9.48 Å².